The summed E-state index contributed by atoms with van der Waals surface area (Å²) in [5, 5.41) is 120. The van der Waals surface area contributed by atoms with Crippen molar-refractivity contribution in [3.05, 3.63) is 48.6 Å². The van der Waals surface area contributed by atoms with Crippen LogP contribution >= 0.6 is 0 Å². The molecule has 0 aromatic heterocycles. The molecule has 12 N–H and O–H groups in total. The van der Waals surface area contributed by atoms with E-state index < -0.39 is 124 Å². The smallest absolute Gasteiger partial charge is 0.220 e. The number of carbonyl (C=O) groups excluding carboxylic acids is 1. The maximum Gasteiger partial charge on any atom is 0.220 e. The summed E-state index contributed by atoms with van der Waals surface area (Å²) >= 11 is 0. The molecule has 17 unspecified atom stereocenters. The highest BCUT2D eigenvalue weighted by Gasteiger charge is 2.53. The van der Waals surface area contributed by atoms with Gasteiger partial charge in [0.05, 0.1) is 38.6 Å². The average molecular weight is 1060 g/mol. The lowest BCUT2D eigenvalue weighted by Crippen LogP contribution is -2.66. The maximum atomic E-state index is 13.2. The van der Waals surface area contributed by atoms with E-state index in [1.165, 1.54) is 32.1 Å². The minimum absolute atomic E-state index is 0.257. The third kappa shape index (κ3) is 23.8. The van der Waals surface area contributed by atoms with Crippen LogP contribution < -0.4 is 5.32 Å². The number of aliphatic hydroxyl groups excluding tert-OH is 11. The summed E-state index contributed by atoms with van der Waals surface area (Å²) < 4.78 is 34.1. The first-order valence-electron chi connectivity index (χ1n) is 27.9. The summed E-state index contributed by atoms with van der Waals surface area (Å²) in [5.74, 6) is -0.257. The van der Waals surface area contributed by atoms with Gasteiger partial charge in [-0.15, -0.1) is 0 Å². The van der Waals surface area contributed by atoms with Crippen LogP contribution in [0.4, 0.5) is 0 Å². The van der Waals surface area contributed by atoms with Crippen molar-refractivity contribution < 1.29 is 89.4 Å². The Morgan fingerprint density at radius 2 is 0.932 bits per heavy atom. The van der Waals surface area contributed by atoms with Crippen LogP contribution in [0.15, 0.2) is 48.6 Å². The molecule has 3 saturated heterocycles. The van der Waals surface area contributed by atoms with Gasteiger partial charge in [0.1, 0.15) is 73.2 Å². The fourth-order valence-corrected chi connectivity index (χ4v) is 9.30. The normalized spacial score (nSPS) is 31.8. The van der Waals surface area contributed by atoms with E-state index in [0.29, 0.717) is 12.8 Å². The van der Waals surface area contributed by atoms with E-state index in [9.17, 15) is 61.0 Å². The van der Waals surface area contributed by atoms with Gasteiger partial charge in [-0.25, -0.2) is 0 Å². The number of allylic oxidation sites excluding steroid dienone is 8. The molecule has 0 aromatic rings. The zero-order valence-electron chi connectivity index (χ0n) is 44.3. The van der Waals surface area contributed by atoms with Crippen molar-refractivity contribution in [1.82, 2.24) is 5.32 Å². The van der Waals surface area contributed by atoms with Crippen LogP contribution in [0.5, 0.6) is 0 Å². The molecule has 3 aliphatic heterocycles. The quantitative estimate of drug-likeness (QED) is 0.0310. The molecule has 430 valence electrons. The van der Waals surface area contributed by atoms with E-state index in [2.05, 4.69) is 67.8 Å². The first-order chi connectivity index (χ1) is 35.8. The molecule has 3 aliphatic rings. The minimum Gasteiger partial charge on any atom is -0.394 e. The second-order valence-corrected chi connectivity index (χ2v) is 20.0. The van der Waals surface area contributed by atoms with Crippen molar-refractivity contribution in [1.29, 1.82) is 0 Å². The third-order valence-corrected chi connectivity index (χ3v) is 13.9. The summed E-state index contributed by atoms with van der Waals surface area (Å²) in [6.07, 6.45) is 14.0. The molecule has 0 spiro atoms. The predicted molar refractivity (Wildman–Crippen MR) is 277 cm³/mol. The Labute approximate surface area is 440 Å². The van der Waals surface area contributed by atoms with E-state index in [0.717, 1.165) is 96.3 Å². The number of rotatable bonds is 39. The number of ether oxygens (including phenoxy) is 6. The Bertz CT molecular complexity index is 1550. The Balaban J connectivity index is 1.42. The van der Waals surface area contributed by atoms with E-state index >= 15 is 0 Å². The van der Waals surface area contributed by atoms with Crippen molar-refractivity contribution in [2.24, 2.45) is 0 Å². The molecule has 17 atom stereocenters. The van der Waals surface area contributed by atoms with Gasteiger partial charge >= 0.3 is 0 Å². The fraction of sp³-hybridized carbons (Fsp3) is 0.836. The lowest BCUT2D eigenvalue weighted by atomic mass is 9.96. The largest absolute Gasteiger partial charge is 0.394 e. The molecule has 19 heteroatoms. The summed E-state index contributed by atoms with van der Waals surface area (Å²) in [6.45, 7) is 1.56. The number of hydrogen-bond acceptors (Lipinski definition) is 18. The van der Waals surface area contributed by atoms with Gasteiger partial charge in [0.2, 0.25) is 5.91 Å². The van der Waals surface area contributed by atoms with Crippen molar-refractivity contribution in [2.75, 3.05) is 26.4 Å². The van der Waals surface area contributed by atoms with Gasteiger partial charge in [0.25, 0.3) is 0 Å². The summed E-state index contributed by atoms with van der Waals surface area (Å²) in [4.78, 5) is 13.2. The zero-order valence-corrected chi connectivity index (χ0v) is 44.3. The molecule has 3 rings (SSSR count). The standard InChI is InChI=1S/C55H97NO18/c1-3-5-7-9-11-12-13-14-15-16-17-18-19-20-21-22-23-24-25-26-27-29-31-33-43(61)56-38(39(60)32-30-28-10-8-6-4-2)37-69-53-49(67)46(64)51(41(35-58)71-53)74-55-50(68)47(65)52(42(36-59)72-55)73-54-48(66)45(63)44(62)40(34-57)70-54/h5,7,11-12,14-15,17-18,38-42,44-55,57-60,62-68H,3-4,6,8-10,13,16,19-37H2,1-2H3,(H,56,61)/b7-5-,12-11-,15-14-,18-17-. The van der Waals surface area contributed by atoms with Crippen LogP contribution in [0.2, 0.25) is 0 Å². The fourth-order valence-electron chi connectivity index (χ4n) is 9.30. The number of nitrogens with one attached hydrogen (secondary N) is 1. The average Bonchev–Trinajstić information content (AvgIpc) is 3.40. The van der Waals surface area contributed by atoms with Gasteiger partial charge in [0.15, 0.2) is 18.9 Å². The second kappa shape index (κ2) is 39.2. The van der Waals surface area contributed by atoms with Gasteiger partial charge in [0, 0.05) is 6.42 Å². The molecular formula is C55H97NO18. The van der Waals surface area contributed by atoms with Gasteiger partial charge in [-0.05, 0) is 51.4 Å². The molecule has 0 bridgehead atoms. The molecular weight excluding hydrogens is 963 g/mol. The van der Waals surface area contributed by atoms with E-state index in [1.54, 1.807) is 0 Å². The molecule has 0 aliphatic carbocycles. The Morgan fingerprint density at radius 3 is 1.46 bits per heavy atom. The lowest BCUT2D eigenvalue weighted by molar-refractivity contribution is -0.379. The van der Waals surface area contributed by atoms with Crippen molar-refractivity contribution in [3.63, 3.8) is 0 Å². The van der Waals surface area contributed by atoms with Crippen molar-refractivity contribution in [3.8, 4) is 0 Å². The van der Waals surface area contributed by atoms with Gasteiger partial charge in [-0.3, -0.25) is 4.79 Å². The highest BCUT2D eigenvalue weighted by atomic mass is 16.8. The molecule has 3 fully saturated rings. The van der Waals surface area contributed by atoms with Crippen LogP contribution in [0, 0.1) is 0 Å². The van der Waals surface area contributed by atoms with Crippen LogP contribution in [-0.2, 0) is 33.2 Å². The second-order valence-electron chi connectivity index (χ2n) is 20.0. The highest BCUT2D eigenvalue weighted by molar-refractivity contribution is 5.76. The minimum atomic E-state index is -1.97. The van der Waals surface area contributed by atoms with Gasteiger partial charge in [-0.2, -0.15) is 0 Å². The molecule has 74 heavy (non-hydrogen) atoms. The molecule has 3 heterocycles. The molecule has 0 saturated carbocycles. The van der Waals surface area contributed by atoms with E-state index in [-0.39, 0.29) is 18.9 Å². The third-order valence-electron chi connectivity index (χ3n) is 13.9. The van der Waals surface area contributed by atoms with E-state index in [4.69, 9.17) is 28.4 Å². The first-order valence-corrected chi connectivity index (χ1v) is 27.9. The topological polar surface area (TPSA) is 307 Å². The Kier molecular flexibility index (Phi) is 34.9. The van der Waals surface area contributed by atoms with Crippen LogP contribution in [0.25, 0.3) is 0 Å². The summed E-state index contributed by atoms with van der Waals surface area (Å²) in [7, 11) is 0. The molecule has 0 radical (unpaired) electrons. The zero-order chi connectivity index (χ0) is 54.1. The number of carbonyl (C=O) groups is 1. The highest BCUT2D eigenvalue weighted by Crippen LogP contribution is 2.33. The van der Waals surface area contributed by atoms with E-state index in [1.807, 2.05) is 0 Å². The van der Waals surface area contributed by atoms with Gasteiger partial charge in [-0.1, -0.05) is 152 Å². The number of hydrogen-bond donors (Lipinski definition) is 12. The van der Waals surface area contributed by atoms with Crippen LogP contribution in [0.1, 0.15) is 162 Å². The molecule has 0 aromatic carbocycles. The SMILES string of the molecule is CC/C=C\C/C=C\C/C=C\C/C=C\CCCCCCCCCCCCC(=O)NC(COC1OC(CO)C(OC2OC(CO)C(OC3OC(CO)C(O)C(O)C3O)C(O)C2O)C(O)C1O)C(O)CCCCCCCC. The number of unbranched alkanes of at least 4 members (excludes halogenated alkanes) is 15. The van der Waals surface area contributed by atoms with Crippen LogP contribution in [0.3, 0.4) is 0 Å². The summed E-state index contributed by atoms with van der Waals surface area (Å²) in [6, 6.07) is -0.887. The van der Waals surface area contributed by atoms with Crippen LogP contribution in [-0.4, -0.2) is 193 Å². The monoisotopic (exact) mass is 1060 g/mol. The molecule has 19 nitrogen and oxygen atoms in total. The van der Waals surface area contributed by atoms with Gasteiger partial charge < -0.3 is 89.9 Å². The van der Waals surface area contributed by atoms with Crippen molar-refractivity contribution in [2.45, 2.75) is 266 Å². The lowest BCUT2D eigenvalue weighted by Gasteiger charge is -2.48. The Morgan fingerprint density at radius 1 is 0.500 bits per heavy atom. The number of amides is 1. The Hall–Kier alpha value is -2.25. The maximum absolute atomic E-state index is 13.2. The number of aliphatic hydroxyl groups is 11. The first kappa shape index (κ1) is 66.0. The molecule has 1 amide bonds. The summed E-state index contributed by atoms with van der Waals surface area (Å²) in [5.41, 5.74) is 0. The predicted octanol–water partition coefficient (Wildman–Crippen LogP) is 3.53. The van der Waals surface area contributed by atoms with Crippen molar-refractivity contribution >= 4 is 5.91 Å².